The number of carbonyl (C=O) groups excluding carboxylic acids is 1. The molecule has 2 aromatic heterocycles. The highest BCUT2D eigenvalue weighted by molar-refractivity contribution is 5.92. The summed E-state index contributed by atoms with van der Waals surface area (Å²) < 4.78 is 2.79. The molecule has 1 N–H and O–H groups in total. The van der Waals surface area contributed by atoms with Gasteiger partial charge in [-0.2, -0.15) is 9.78 Å². The fourth-order valence-corrected chi connectivity index (χ4v) is 4.44. The molecule has 26 heavy (non-hydrogen) atoms. The molecule has 2 aromatic rings. The standard InChI is InChI=1S/C16H21N7O3/c1-10(13-7-11-2-3-12(13)6-11)18-15(24)14-4-5-21(19-14)9-22-8-17-16(20-22)23(25)26/h4-5,8,10-13H,2-3,6-7,9H2,1H3,(H,18,24). The number of rotatable bonds is 6. The van der Waals surface area contributed by atoms with Crippen molar-refractivity contribution in [2.75, 3.05) is 0 Å². The zero-order valence-electron chi connectivity index (χ0n) is 14.5. The molecule has 2 saturated carbocycles. The Morgan fingerprint density at radius 1 is 1.38 bits per heavy atom. The van der Waals surface area contributed by atoms with Gasteiger partial charge in [-0.15, -0.1) is 0 Å². The highest BCUT2D eigenvalue weighted by Gasteiger charge is 2.42. The molecule has 4 unspecified atom stereocenters. The Morgan fingerprint density at radius 3 is 2.88 bits per heavy atom. The molecule has 0 radical (unpaired) electrons. The van der Waals surface area contributed by atoms with Gasteiger partial charge < -0.3 is 15.4 Å². The molecule has 4 atom stereocenters. The van der Waals surface area contributed by atoms with Crippen molar-refractivity contribution in [3.05, 3.63) is 34.4 Å². The normalized spacial score (nSPS) is 25.3. The van der Waals surface area contributed by atoms with Crippen LogP contribution in [-0.4, -0.2) is 41.4 Å². The first-order chi connectivity index (χ1) is 12.5. The van der Waals surface area contributed by atoms with Gasteiger partial charge in [0.1, 0.15) is 5.69 Å². The van der Waals surface area contributed by atoms with Crippen LogP contribution in [0.25, 0.3) is 0 Å². The van der Waals surface area contributed by atoms with Gasteiger partial charge in [0.2, 0.25) is 6.33 Å². The van der Waals surface area contributed by atoms with E-state index in [1.807, 2.05) is 0 Å². The maximum atomic E-state index is 12.5. The lowest BCUT2D eigenvalue weighted by Crippen LogP contribution is -2.40. The van der Waals surface area contributed by atoms with Crippen LogP contribution in [0.4, 0.5) is 5.95 Å². The zero-order valence-corrected chi connectivity index (χ0v) is 14.5. The molecule has 2 aliphatic carbocycles. The van der Waals surface area contributed by atoms with Gasteiger partial charge in [-0.25, -0.2) is 4.68 Å². The summed E-state index contributed by atoms with van der Waals surface area (Å²) in [7, 11) is 0. The predicted molar refractivity (Wildman–Crippen MR) is 90.2 cm³/mol. The van der Waals surface area contributed by atoms with Crippen LogP contribution in [0, 0.1) is 27.9 Å². The Hall–Kier alpha value is -2.78. The summed E-state index contributed by atoms with van der Waals surface area (Å²) in [4.78, 5) is 26.0. The zero-order chi connectivity index (χ0) is 18.3. The second kappa shape index (κ2) is 6.50. The summed E-state index contributed by atoms with van der Waals surface area (Å²) in [6.45, 7) is 2.23. The summed E-state index contributed by atoms with van der Waals surface area (Å²) in [6.07, 6.45) is 8.05. The molecule has 1 amide bonds. The molecule has 0 spiro atoms. The molecule has 10 nitrogen and oxygen atoms in total. The number of hydrogen-bond acceptors (Lipinski definition) is 6. The van der Waals surface area contributed by atoms with Crippen LogP contribution >= 0.6 is 0 Å². The number of nitrogens with one attached hydrogen (secondary N) is 1. The molecular weight excluding hydrogens is 338 g/mol. The fraction of sp³-hybridized carbons (Fsp3) is 0.625. The van der Waals surface area contributed by atoms with Crippen molar-refractivity contribution in [2.45, 2.75) is 45.3 Å². The Kier molecular flexibility index (Phi) is 4.17. The van der Waals surface area contributed by atoms with E-state index in [0.29, 0.717) is 11.6 Å². The highest BCUT2D eigenvalue weighted by Crippen LogP contribution is 2.49. The average molecular weight is 359 g/mol. The van der Waals surface area contributed by atoms with Crippen molar-refractivity contribution in [3.8, 4) is 0 Å². The summed E-state index contributed by atoms with van der Waals surface area (Å²) in [5.74, 6) is 1.50. The molecule has 2 fully saturated rings. The summed E-state index contributed by atoms with van der Waals surface area (Å²) >= 11 is 0. The van der Waals surface area contributed by atoms with Crippen molar-refractivity contribution < 1.29 is 9.72 Å². The highest BCUT2D eigenvalue weighted by atomic mass is 16.6. The minimum absolute atomic E-state index is 0.140. The largest absolute Gasteiger partial charge is 0.491 e. The van der Waals surface area contributed by atoms with E-state index in [2.05, 4.69) is 27.4 Å². The quantitative estimate of drug-likeness (QED) is 0.615. The third-order valence-electron chi connectivity index (χ3n) is 5.64. The van der Waals surface area contributed by atoms with E-state index in [1.54, 1.807) is 12.3 Å². The van der Waals surface area contributed by atoms with Crippen molar-refractivity contribution in [1.29, 1.82) is 0 Å². The van der Waals surface area contributed by atoms with Crippen LogP contribution in [0.5, 0.6) is 0 Å². The van der Waals surface area contributed by atoms with Crippen molar-refractivity contribution in [3.63, 3.8) is 0 Å². The van der Waals surface area contributed by atoms with Crippen LogP contribution < -0.4 is 5.32 Å². The number of nitro groups is 1. The monoisotopic (exact) mass is 359 g/mol. The Bertz CT molecular complexity index is 829. The minimum Gasteiger partial charge on any atom is -0.390 e. The van der Waals surface area contributed by atoms with E-state index >= 15 is 0 Å². The Morgan fingerprint density at radius 2 is 2.23 bits per heavy atom. The lowest BCUT2D eigenvalue weighted by Gasteiger charge is -2.28. The second-order valence-electron chi connectivity index (χ2n) is 7.32. The summed E-state index contributed by atoms with van der Waals surface area (Å²) in [5.41, 5.74) is 0.328. The van der Waals surface area contributed by atoms with Crippen LogP contribution in [0.1, 0.15) is 43.1 Å². The van der Waals surface area contributed by atoms with Gasteiger partial charge in [0.15, 0.2) is 6.67 Å². The van der Waals surface area contributed by atoms with E-state index in [1.165, 1.54) is 41.4 Å². The minimum atomic E-state index is -0.657. The lowest BCUT2D eigenvalue weighted by atomic mass is 9.84. The summed E-state index contributed by atoms with van der Waals surface area (Å²) in [5, 5.41) is 21.7. The van der Waals surface area contributed by atoms with Gasteiger partial charge in [0.25, 0.3) is 5.91 Å². The number of fused-ring (bicyclic) bond motifs is 2. The predicted octanol–water partition coefficient (Wildman–Crippen LogP) is 1.44. The van der Waals surface area contributed by atoms with Crippen LogP contribution in [0.2, 0.25) is 0 Å². The third-order valence-corrected chi connectivity index (χ3v) is 5.64. The molecule has 138 valence electrons. The number of aromatic nitrogens is 5. The van der Waals surface area contributed by atoms with Gasteiger partial charge in [0.05, 0.1) is 0 Å². The van der Waals surface area contributed by atoms with E-state index in [-0.39, 0.29) is 18.6 Å². The molecule has 0 aromatic carbocycles. The van der Waals surface area contributed by atoms with E-state index in [4.69, 9.17) is 0 Å². The van der Waals surface area contributed by atoms with Gasteiger partial charge in [0, 0.05) is 17.3 Å². The second-order valence-corrected chi connectivity index (χ2v) is 7.32. The maximum absolute atomic E-state index is 12.5. The van der Waals surface area contributed by atoms with E-state index in [9.17, 15) is 14.9 Å². The molecule has 2 aliphatic rings. The number of carbonyl (C=O) groups is 1. The molecule has 4 rings (SSSR count). The van der Waals surface area contributed by atoms with Crippen molar-refractivity contribution in [2.24, 2.45) is 17.8 Å². The maximum Gasteiger partial charge on any atom is 0.491 e. The topological polar surface area (TPSA) is 121 Å². The van der Waals surface area contributed by atoms with Crippen molar-refractivity contribution in [1.82, 2.24) is 29.9 Å². The fourth-order valence-electron chi connectivity index (χ4n) is 4.44. The smallest absolute Gasteiger partial charge is 0.390 e. The van der Waals surface area contributed by atoms with Gasteiger partial charge in [-0.05, 0) is 54.9 Å². The first kappa shape index (κ1) is 16.7. The molecule has 2 bridgehead atoms. The average Bonchev–Trinajstić information content (AvgIpc) is 3.39. The Labute approximate surface area is 149 Å². The van der Waals surface area contributed by atoms with E-state index in [0.717, 1.165) is 11.8 Å². The molecule has 0 saturated heterocycles. The van der Waals surface area contributed by atoms with Gasteiger partial charge >= 0.3 is 5.95 Å². The van der Waals surface area contributed by atoms with Gasteiger partial charge in [-0.3, -0.25) is 4.79 Å². The van der Waals surface area contributed by atoms with Crippen LogP contribution in [0.3, 0.4) is 0 Å². The molecule has 0 aliphatic heterocycles. The number of amides is 1. The number of hydrogen-bond donors (Lipinski definition) is 1. The summed E-state index contributed by atoms with van der Waals surface area (Å²) in [6, 6.07) is 1.77. The first-order valence-corrected chi connectivity index (χ1v) is 8.87. The Balaban J connectivity index is 1.36. The lowest BCUT2D eigenvalue weighted by molar-refractivity contribution is -0.394. The van der Waals surface area contributed by atoms with Gasteiger partial charge in [-0.1, -0.05) is 11.4 Å². The molecule has 10 heteroatoms. The SMILES string of the molecule is CC(NC(=O)c1ccn(Cn2cnc([N+](=O)[O-])n2)n1)C1CC2CCC1C2. The molecule has 2 heterocycles. The van der Waals surface area contributed by atoms with Crippen LogP contribution in [-0.2, 0) is 6.67 Å². The van der Waals surface area contributed by atoms with E-state index < -0.39 is 10.9 Å². The third kappa shape index (κ3) is 3.18. The van der Waals surface area contributed by atoms with Crippen molar-refractivity contribution >= 4 is 11.9 Å². The number of nitrogens with zero attached hydrogens (tertiary/aromatic N) is 6. The molecular formula is C16H21N7O3. The van der Waals surface area contributed by atoms with Crippen LogP contribution in [0.15, 0.2) is 18.6 Å². The first-order valence-electron chi connectivity index (χ1n) is 8.87.